The summed E-state index contributed by atoms with van der Waals surface area (Å²) < 4.78 is 5.32. The second-order valence-corrected chi connectivity index (χ2v) is 10.3. The Morgan fingerprint density at radius 1 is 1.03 bits per heavy atom. The van der Waals surface area contributed by atoms with E-state index in [0.29, 0.717) is 51.3 Å². The minimum Gasteiger partial charge on any atom is -0.378 e. The molecular formula is C23H38N4O5S. The molecule has 0 bridgehead atoms. The summed E-state index contributed by atoms with van der Waals surface area (Å²) in [4.78, 5) is 53.7. The standard InChI is InChI=1S/C23H38N4O5S/c1-33-16-9-18(19(28)20(29)24-17-7-3-4-8-17)25-21(30)23(10-5-2-6-11-23)26-22(31)27-12-14-32-15-13-27/h17-18H,2-16H2,1H3,(H,24,29)(H,25,30)(H,26,31). The maximum absolute atomic E-state index is 13.5. The molecule has 10 heteroatoms. The van der Waals surface area contributed by atoms with Crippen molar-refractivity contribution < 1.29 is 23.9 Å². The minimum atomic E-state index is -1.06. The number of carbonyl (C=O) groups is 4. The van der Waals surface area contributed by atoms with Gasteiger partial charge in [0.25, 0.3) is 5.91 Å². The van der Waals surface area contributed by atoms with E-state index in [0.717, 1.165) is 44.9 Å². The average molecular weight is 483 g/mol. The highest BCUT2D eigenvalue weighted by atomic mass is 32.2. The molecule has 0 aromatic rings. The highest BCUT2D eigenvalue weighted by molar-refractivity contribution is 7.98. The summed E-state index contributed by atoms with van der Waals surface area (Å²) in [6, 6.07) is -1.14. The van der Waals surface area contributed by atoms with Gasteiger partial charge in [-0.05, 0) is 44.1 Å². The molecule has 2 saturated carbocycles. The molecule has 0 radical (unpaired) electrons. The van der Waals surface area contributed by atoms with Gasteiger partial charge in [0.15, 0.2) is 0 Å². The van der Waals surface area contributed by atoms with E-state index in [1.54, 1.807) is 16.7 Å². The lowest BCUT2D eigenvalue weighted by Crippen LogP contribution is -2.64. The number of morpholine rings is 1. The first-order chi connectivity index (χ1) is 15.9. The third-order valence-corrected chi connectivity index (χ3v) is 7.58. The lowest BCUT2D eigenvalue weighted by Gasteiger charge is -2.39. The molecule has 1 heterocycles. The van der Waals surface area contributed by atoms with Crippen LogP contribution in [0.25, 0.3) is 0 Å². The fraction of sp³-hybridized carbons (Fsp3) is 0.826. The lowest BCUT2D eigenvalue weighted by molar-refractivity contribution is -0.141. The van der Waals surface area contributed by atoms with Crippen LogP contribution < -0.4 is 16.0 Å². The number of ether oxygens (including phenoxy) is 1. The number of thioether (sulfide) groups is 1. The maximum Gasteiger partial charge on any atom is 0.318 e. The zero-order chi connectivity index (χ0) is 23.7. The molecule has 33 heavy (non-hydrogen) atoms. The van der Waals surface area contributed by atoms with Crippen molar-refractivity contribution in [3.63, 3.8) is 0 Å². The van der Waals surface area contributed by atoms with Crippen molar-refractivity contribution in [3.05, 3.63) is 0 Å². The number of nitrogens with one attached hydrogen (secondary N) is 3. The van der Waals surface area contributed by atoms with Gasteiger partial charge in [-0.25, -0.2) is 4.79 Å². The average Bonchev–Trinajstić information content (AvgIpc) is 3.35. The van der Waals surface area contributed by atoms with Gasteiger partial charge in [-0.15, -0.1) is 0 Å². The maximum atomic E-state index is 13.5. The van der Waals surface area contributed by atoms with Gasteiger partial charge in [-0.3, -0.25) is 14.4 Å². The van der Waals surface area contributed by atoms with Crippen LogP contribution in [0.2, 0.25) is 0 Å². The summed E-state index contributed by atoms with van der Waals surface area (Å²) in [6.07, 6.45) is 9.86. The van der Waals surface area contributed by atoms with Crippen LogP contribution in [0, 0.1) is 0 Å². The minimum absolute atomic E-state index is 0.0378. The lowest BCUT2D eigenvalue weighted by atomic mass is 9.80. The number of hydrogen-bond acceptors (Lipinski definition) is 6. The Morgan fingerprint density at radius 2 is 1.70 bits per heavy atom. The van der Waals surface area contributed by atoms with Crippen LogP contribution in [-0.2, 0) is 19.1 Å². The zero-order valence-corrected chi connectivity index (χ0v) is 20.5. The molecule has 1 saturated heterocycles. The van der Waals surface area contributed by atoms with Crippen molar-refractivity contribution in [2.75, 3.05) is 38.3 Å². The predicted molar refractivity (Wildman–Crippen MR) is 127 cm³/mol. The summed E-state index contributed by atoms with van der Waals surface area (Å²) in [5, 5.41) is 8.69. The SMILES string of the molecule is CSCCC(NC(=O)C1(NC(=O)N2CCOCC2)CCCCC1)C(=O)C(=O)NC1CCCC1. The third kappa shape index (κ3) is 7.09. The van der Waals surface area contributed by atoms with E-state index < -0.39 is 23.3 Å². The van der Waals surface area contributed by atoms with Gasteiger partial charge in [0.1, 0.15) is 5.54 Å². The van der Waals surface area contributed by atoms with Gasteiger partial charge in [-0.1, -0.05) is 32.1 Å². The van der Waals surface area contributed by atoms with Crippen molar-refractivity contribution >= 4 is 35.4 Å². The fourth-order valence-corrected chi connectivity index (χ4v) is 5.37. The topological polar surface area (TPSA) is 117 Å². The summed E-state index contributed by atoms with van der Waals surface area (Å²) in [6.45, 7) is 1.93. The highest BCUT2D eigenvalue weighted by Crippen LogP contribution is 2.29. The first-order valence-electron chi connectivity index (χ1n) is 12.2. The number of ketones is 1. The van der Waals surface area contributed by atoms with E-state index in [-0.39, 0.29) is 18.0 Å². The van der Waals surface area contributed by atoms with Gasteiger partial charge >= 0.3 is 6.03 Å². The van der Waals surface area contributed by atoms with Gasteiger partial charge in [0.2, 0.25) is 11.7 Å². The van der Waals surface area contributed by atoms with Crippen molar-refractivity contribution in [1.82, 2.24) is 20.9 Å². The Hall–Kier alpha value is -1.81. The Balaban J connectivity index is 1.68. The molecule has 0 aromatic carbocycles. The highest BCUT2D eigenvalue weighted by Gasteiger charge is 2.43. The van der Waals surface area contributed by atoms with Crippen LogP contribution in [0.3, 0.4) is 0 Å². The van der Waals surface area contributed by atoms with Crippen molar-refractivity contribution in [2.24, 2.45) is 0 Å². The van der Waals surface area contributed by atoms with Crippen LogP contribution in [0.15, 0.2) is 0 Å². The van der Waals surface area contributed by atoms with E-state index in [4.69, 9.17) is 4.74 Å². The van der Waals surface area contributed by atoms with Gasteiger partial charge in [0, 0.05) is 19.1 Å². The molecule has 1 unspecified atom stereocenters. The second kappa shape index (κ2) is 12.6. The molecule has 2 aliphatic carbocycles. The van der Waals surface area contributed by atoms with Crippen molar-refractivity contribution in [1.29, 1.82) is 0 Å². The smallest absolute Gasteiger partial charge is 0.318 e. The predicted octanol–water partition coefficient (Wildman–Crippen LogP) is 1.60. The summed E-state index contributed by atoms with van der Waals surface area (Å²) >= 11 is 1.56. The molecule has 186 valence electrons. The Labute approximate surface area is 200 Å². The second-order valence-electron chi connectivity index (χ2n) is 9.30. The summed E-state index contributed by atoms with van der Waals surface area (Å²) in [7, 11) is 0. The Kier molecular flexibility index (Phi) is 9.85. The molecule has 3 rings (SSSR count). The van der Waals surface area contributed by atoms with Crippen LogP contribution in [-0.4, -0.2) is 84.5 Å². The Morgan fingerprint density at radius 3 is 2.33 bits per heavy atom. The van der Waals surface area contributed by atoms with Crippen LogP contribution in [0.1, 0.15) is 64.2 Å². The quantitative estimate of drug-likeness (QED) is 0.430. The first kappa shape index (κ1) is 25.8. The number of carbonyl (C=O) groups excluding carboxylic acids is 4. The Bertz CT molecular complexity index is 701. The van der Waals surface area contributed by atoms with Crippen molar-refractivity contribution in [3.8, 4) is 0 Å². The fourth-order valence-electron chi connectivity index (χ4n) is 4.90. The molecule has 3 fully saturated rings. The number of amides is 4. The van der Waals surface area contributed by atoms with Gasteiger partial charge < -0.3 is 25.6 Å². The molecule has 4 amide bonds. The molecule has 3 aliphatic rings. The first-order valence-corrected chi connectivity index (χ1v) is 13.6. The molecular weight excluding hydrogens is 444 g/mol. The van der Waals surface area contributed by atoms with E-state index >= 15 is 0 Å². The number of rotatable bonds is 9. The van der Waals surface area contributed by atoms with E-state index in [9.17, 15) is 19.2 Å². The number of urea groups is 1. The largest absolute Gasteiger partial charge is 0.378 e. The number of hydrogen-bond donors (Lipinski definition) is 3. The van der Waals surface area contributed by atoms with E-state index in [1.165, 1.54) is 0 Å². The molecule has 3 N–H and O–H groups in total. The summed E-state index contributed by atoms with van der Waals surface area (Å²) in [5.74, 6) is -0.949. The molecule has 9 nitrogen and oxygen atoms in total. The third-order valence-electron chi connectivity index (χ3n) is 6.93. The monoisotopic (exact) mass is 482 g/mol. The molecule has 0 spiro atoms. The van der Waals surface area contributed by atoms with Crippen LogP contribution in [0.4, 0.5) is 4.79 Å². The zero-order valence-electron chi connectivity index (χ0n) is 19.7. The molecule has 1 atom stereocenters. The number of Topliss-reactive ketones (excluding diaryl/α,β-unsaturated/α-hetero) is 1. The molecule has 1 aliphatic heterocycles. The summed E-state index contributed by atoms with van der Waals surface area (Å²) in [5.41, 5.74) is -1.06. The van der Waals surface area contributed by atoms with E-state index in [2.05, 4.69) is 16.0 Å². The van der Waals surface area contributed by atoms with Gasteiger partial charge in [-0.2, -0.15) is 11.8 Å². The van der Waals surface area contributed by atoms with Crippen molar-refractivity contribution in [2.45, 2.75) is 81.8 Å². The molecule has 0 aromatic heterocycles. The van der Waals surface area contributed by atoms with Crippen LogP contribution in [0.5, 0.6) is 0 Å². The normalized spacial score (nSPS) is 21.8. The number of nitrogens with zero attached hydrogens (tertiary/aromatic N) is 1. The van der Waals surface area contributed by atoms with Gasteiger partial charge in [0.05, 0.1) is 19.3 Å². The van der Waals surface area contributed by atoms with E-state index in [1.807, 2.05) is 6.26 Å². The van der Waals surface area contributed by atoms with Crippen LogP contribution >= 0.6 is 11.8 Å².